The van der Waals surface area contributed by atoms with Crippen molar-refractivity contribution in [1.82, 2.24) is 10.6 Å². The van der Waals surface area contributed by atoms with Gasteiger partial charge in [-0.3, -0.25) is 4.79 Å². The maximum Gasteiger partial charge on any atom is 0.319 e. The van der Waals surface area contributed by atoms with E-state index in [1.54, 1.807) is 31.2 Å². The molecule has 1 unspecified atom stereocenters. The number of hydrogen-bond acceptors (Lipinski definition) is 3. The summed E-state index contributed by atoms with van der Waals surface area (Å²) in [6.45, 7) is 3.84. The largest absolute Gasteiger partial charge is 0.484 e. The monoisotopic (exact) mass is 377 g/mol. The highest BCUT2D eigenvalue weighted by molar-refractivity contribution is 5.89. The molecular formula is C19H21F2N3O3. The molecule has 8 heteroatoms. The van der Waals surface area contributed by atoms with Crippen LogP contribution in [-0.2, 0) is 4.79 Å². The predicted molar refractivity (Wildman–Crippen MR) is 97.5 cm³/mol. The molecule has 2 rings (SSSR count). The molecule has 0 aliphatic carbocycles. The van der Waals surface area contributed by atoms with Crippen molar-refractivity contribution < 1.29 is 23.1 Å². The van der Waals surface area contributed by atoms with Crippen LogP contribution in [0.2, 0.25) is 0 Å². The van der Waals surface area contributed by atoms with Crippen LogP contribution < -0.4 is 20.7 Å². The van der Waals surface area contributed by atoms with Crippen molar-refractivity contribution in [3.63, 3.8) is 0 Å². The summed E-state index contributed by atoms with van der Waals surface area (Å²) in [4.78, 5) is 23.4. The van der Waals surface area contributed by atoms with Crippen molar-refractivity contribution in [2.24, 2.45) is 0 Å². The third-order valence-electron chi connectivity index (χ3n) is 3.63. The van der Waals surface area contributed by atoms with E-state index in [2.05, 4.69) is 16.0 Å². The zero-order valence-corrected chi connectivity index (χ0v) is 15.0. The molecule has 0 saturated carbocycles. The highest BCUT2D eigenvalue weighted by atomic mass is 19.1. The van der Waals surface area contributed by atoms with Crippen LogP contribution in [0.3, 0.4) is 0 Å². The highest BCUT2D eigenvalue weighted by Gasteiger charge is 2.14. The first-order valence-corrected chi connectivity index (χ1v) is 8.41. The Bertz CT molecular complexity index is 797. The Morgan fingerprint density at radius 1 is 1.11 bits per heavy atom. The first-order chi connectivity index (χ1) is 12.9. The Labute approximate surface area is 155 Å². The van der Waals surface area contributed by atoms with Gasteiger partial charge in [-0.2, -0.15) is 0 Å². The van der Waals surface area contributed by atoms with Crippen LogP contribution in [-0.4, -0.2) is 25.1 Å². The molecule has 0 bridgehead atoms. The van der Waals surface area contributed by atoms with E-state index in [1.165, 1.54) is 6.07 Å². The Hall–Kier alpha value is -3.16. The van der Waals surface area contributed by atoms with E-state index in [4.69, 9.17) is 4.74 Å². The van der Waals surface area contributed by atoms with Crippen LogP contribution in [0.25, 0.3) is 0 Å². The number of anilines is 1. The number of nitrogens with one attached hydrogen (secondary N) is 3. The second-order valence-corrected chi connectivity index (χ2v) is 5.75. The first-order valence-electron chi connectivity index (χ1n) is 8.41. The van der Waals surface area contributed by atoms with Crippen molar-refractivity contribution in [2.45, 2.75) is 19.9 Å². The summed E-state index contributed by atoms with van der Waals surface area (Å²) in [5.41, 5.74) is 0.672. The van der Waals surface area contributed by atoms with Crippen LogP contribution >= 0.6 is 0 Å². The van der Waals surface area contributed by atoms with Crippen LogP contribution in [0.1, 0.15) is 25.5 Å². The Morgan fingerprint density at radius 3 is 2.44 bits per heavy atom. The number of likely N-dealkylation sites (N-methyl/N-ethyl adjacent to an activating group) is 1. The number of halogens is 2. The maximum absolute atomic E-state index is 13.7. The van der Waals surface area contributed by atoms with Crippen LogP contribution in [0.15, 0.2) is 42.5 Å². The summed E-state index contributed by atoms with van der Waals surface area (Å²) in [5, 5.41) is 7.80. The molecule has 0 radical (unpaired) electrons. The molecule has 0 aliphatic rings. The number of hydrogen-bond donors (Lipinski definition) is 3. The molecule has 3 N–H and O–H groups in total. The topological polar surface area (TPSA) is 79.5 Å². The van der Waals surface area contributed by atoms with E-state index < -0.39 is 23.7 Å². The summed E-state index contributed by atoms with van der Waals surface area (Å²) in [5.74, 6) is -1.14. The van der Waals surface area contributed by atoms with Crippen molar-refractivity contribution >= 4 is 17.6 Å². The summed E-state index contributed by atoms with van der Waals surface area (Å²) in [6.07, 6.45) is 0. The Kier molecular flexibility index (Phi) is 7.10. The van der Waals surface area contributed by atoms with Gasteiger partial charge in [0.2, 0.25) is 0 Å². The van der Waals surface area contributed by atoms with Gasteiger partial charge < -0.3 is 20.7 Å². The van der Waals surface area contributed by atoms with E-state index in [9.17, 15) is 18.4 Å². The van der Waals surface area contributed by atoms with Gasteiger partial charge >= 0.3 is 6.03 Å². The number of carbonyl (C=O) groups excluding carboxylic acids is 2. The van der Waals surface area contributed by atoms with Gasteiger partial charge in [0.15, 0.2) is 6.61 Å². The second-order valence-electron chi connectivity index (χ2n) is 5.75. The lowest BCUT2D eigenvalue weighted by atomic mass is 10.1. The third kappa shape index (κ3) is 6.25. The molecule has 0 heterocycles. The lowest BCUT2D eigenvalue weighted by Crippen LogP contribution is -2.31. The fraction of sp³-hybridized carbons (Fsp3) is 0.263. The summed E-state index contributed by atoms with van der Waals surface area (Å²) in [6, 6.07) is 8.43. The minimum absolute atomic E-state index is 0.0954. The molecular weight excluding hydrogens is 356 g/mol. The van der Waals surface area contributed by atoms with Crippen molar-refractivity contribution in [3.05, 3.63) is 59.7 Å². The van der Waals surface area contributed by atoms with E-state index in [0.29, 0.717) is 18.0 Å². The van der Waals surface area contributed by atoms with Crippen LogP contribution in [0, 0.1) is 11.6 Å². The molecule has 0 aromatic heterocycles. The summed E-state index contributed by atoms with van der Waals surface area (Å²) < 4.78 is 32.0. The predicted octanol–water partition coefficient (Wildman–Crippen LogP) is 3.36. The number of rotatable bonds is 7. The van der Waals surface area contributed by atoms with Gasteiger partial charge in [0.1, 0.15) is 17.4 Å². The maximum atomic E-state index is 13.7. The standard InChI is InChI=1S/C19H21F2N3O3/c1-3-22-18(25)11-27-15-7-5-14(6-8-15)24-19(26)23-12(2)16-9-4-13(20)10-17(16)21/h4-10,12H,3,11H2,1-2H3,(H,22,25)(H2,23,24,26). The van der Waals surface area contributed by atoms with Crippen molar-refractivity contribution in [1.29, 1.82) is 0 Å². The molecule has 0 saturated heterocycles. The Balaban J connectivity index is 1.87. The fourth-order valence-electron chi connectivity index (χ4n) is 2.33. The lowest BCUT2D eigenvalue weighted by Gasteiger charge is -2.16. The van der Waals surface area contributed by atoms with Gasteiger partial charge in [-0.05, 0) is 44.2 Å². The second kappa shape index (κ2) is 9.51. The van der Waals surface area contributed by atoms with Crippen molar-refractivity contribution in [2.75, 3.05) is 18.5 Å². The molecule has 144 valence electrons. The molecule has 3 amide bonds. The number of urea groups is 1. The molecule has 27 heavy (non-hydrogen) atoms. The Morgan fingerprint density at radius 2 is 1.81 bits per heavy atom. The molecule has 6 nitrogen and oxygen atoms in total. The minimum Gasteiger partial charge on any atom is -0.484 e. The molecule has 0 fully saturated rings. The van der Waals surface area contributed by atoms with Gasteiger partial charge in [0, 0.05) is 23.9 Å². The summed E-state index contributed by atoms with van der Waals surface area (Å²) in [7, 11) is 0. The highest BCUT2D eigenvalue weighted by Crippen LogP contribution is 2.19. The smallest absolute Gasteiger partial charge is 0.319 e. The lowest BCUT2D eigenvalue weighted by molar-refractivity contribution is -0.122. The van der Waals surface area contributed by atoms with Gasteiger partial charge in [0.05, 0.1) is 6.04 Å². The number of carbonyl (C=O) groups is 2. The van der Waals surface area contributed by atoms with E-state index in [-0.39, 0.29) is 18.1 Å². The quantitative estimate of drug-likeness (QED) is 0.692. The van der Waals surface area contributed by atoms with Gasteiger partial charge in [0.25, 0.3) is 5.91 Å². The summed E-state index contributed by atoms with van der Waals surface area (Å²) >= 11 is 0. The van der Waals surface area contributed by atoms with E-state index in [0.717, 1.165) is 12.1 Å². The van der Waals surface area contributed by atoms with Gasteiger partial charge in [-0.25, -0.2) is 13.6 Å². The van der Waals surface area contributed by atoms with E-state index in [1.807, 2.05) is 6.92 Å². The average molecular weight is 377 g/mol. The minimum atomic E-state index is -0.726. The zero-order valence-electron chi connectivity index (χ0n) is 15.0. The molecule has 2 aromatic carbocycles. The zero-order chi connectivity index (χ0) is 19.8. The number of ether oxygens (including phenoxy) is 1. The fourth-order valence-corrected chi connectivity index (χ4v) is 2.33. The number of amides is 3. The first kappa shape index (κ1) is 20.2. The third-order valence-corrected chi connectivity index (χ3v) is 3.63. The van der Waals surface area contributed by atoms with E-state index >= 15 is 0 Å². The normalized spacial score (nSPS) is 11.4. The van der Waals surface area contributed by atoms with Crippen molar-refractivity contribution in [3.8, 4) is 5.75 Å². The number of benzene rings is 2. The van der Waals surface area contributed by atoms with Gasteiger partial charge in [-0.15, -0.1) is 0 Å². The molecule has 0 spiro atoms. The van der Waals surface area contributed by atoms with Gasteiger partial charge in [-0.1, -0.05) is 6.07 Å². The molecule has 0 aliphatic heterocycles. The SMILES string of the molecule is CCNC(=O)COc1ccc(NC(=O)NC(C)c2ccc(F)cc2F)cc1. The molecule has 1 atom stereocenters. The average Bonchev–Trinajstić information content (AvgIpc) is 2.61. The molecule has 2 aromatic rings. The van der Waals surface area contributed by atoms with Crippen LogP contribution in [0.5, 0.6) is 5.75 Å². The van der Waals surface area contributed by atoms with Crippen LogP contribution in [0.4, 0.5) is 19.3 Å².